The lowest BCUT2D eigenvalue weighted by molar-refractivity contribution is 0.144. The largest absolute Gasteiger partial charge is 0.388 e. The summed E-state index contributed by atoms with van der Waals surface area (Å²) in [4.78, 5) is 0. The maximum Gasteiger partial charge on any atom is 0.0870 e. The van der Waals surface area contributed by atoms with Gasteiger partial charge in [0.25, 0.3) is 0 Å². The third kappa shape index (κ3) is 3.91. The summed E-state index contributed by atoms with van der Waals surface area (Å²) in [6, 6.07) is 24.6. The fraction of sp³-hybridized carbons (Fsp3) is 0.200. The van der Waals surface area contributed by atoms with E-state index in [2.05, 4.69) is 35.6 Å². The third-order valence-electron chi connectivity index (χ3n) is 4.15. The number of benzene rings is 3. The van der Waals surface area contributed by atoms with Crippen molar-refractivity contribution in [1.29, 1.82) is 0 Å². The fourth-order valence-electron chi connectivity index (χ4n) is 2.95. The van der Waals surface area contributed by atoms with E-state index < -0.39 is 6.10 Å². The number of aliphatic hydroxyl groups is 1. The third-order valence-corrected chi connectivity index (χ3v) is 4.15. The topological polar surface area (TPSA) is 32.3 Å². The molecule has 120 valence electrons. The number of likely N-dealkylation sites (N-methyl/N-ethyl adjacent to an activating group) is 1. The molecule has 0 aliphatic heterocycles. The molecule has 0 radical (unpaired) electrons. The second kappa shape index (κ2) is 8.11. The van der Waals surface area contributed by atoms with E-state index in [1.807, 2.05) is 49.5 Å². The minimum Gasteiger partial charge on any atom is -0.388 e. The molecule has 2 nitrogen and oxygen atoms in total. The summed E-state index contributed by atoms with van der Waals surface area (Å²) in [5.74, 6) is 0.0250. The quantitative estimate of drug-likeness (QED) is 0.732. The lowest BCUT2D eigenvalue weighted by atomic mass is 9.88. The van der Waals surface area contributed by atoms with Crippen molar-refractivity contribution in [1.82, 2.24) is 5.32 Å². The Morgan fingerprint density at radius 1 is 0.826 bits per heavy atom. The highest BCUT2D eigenvalue weighted by Crippen LogP contribution is 2.32. The van der Waals surface area contributed by atoms with Gasteiger partial charge in [-0.05, 0) is 28.9 Å². The molecule has 0 amide bonds. The van der Waals surface area contributed by atoms with Crippen molar-refractivity contribution < 1.29 is 5.11 Å². The molecule has 23 heavy (non-hydrogen) atoms. The van der Waals surface area contributed by atoms with Gasteiger partial charge in [0, 0.05) is 12.5 Å². The first kappa shape index (κ1) is 17.5. The number of hydrogen-bond acceptors (Lipinski definition) is 2. The van der Waals surface area contributed by atoms with Gasteiger partial charge in [0.05, 0.1) is 6.10 Å². The molecule has 2 N–H and O–H groups in total. The van der Waals surface area contributed by atoms with Crippen LogP contribution in [-0.4, -0.2) is 18.7 Å². The first-order chi connectivity index (χ1) is 10.8. The van der Waals surface area contributed by atoms with E-state index >= 15 is 0 Å². The number of rotatable bonds is 5. The van der Waals surface area contributed by atoms with Crippen molar-refractivity contribution >= 4 is 23.2 Å². The first-order valence-electron chi connectivity index (χ1n) is 7.66. The van der Waals surface area contributed by atoms with Crippen LogP contribution in [0.4, 0.5) is 0 Å². The molecule has 0 aliphatic rings. The Morgan fingerprint density at radius 2 is 1.48 bits per heavy atom. The normalized spacial score (nSPS) is 13.3. The summed E-state index contributed by atoms with van der Waals surface area (Å²) in [5, 5.41) is 16.4. The van der Waals surface area contributed by atoms with Crippen molar-refractivity contribution in [3.8, 4) is 0 Å². The molecule has 0 aliphatic carbocycles. The lowest BCUT2D eigenvalue weighted by Crippen LogP contribution is -2.23. The Morgan fingerprint density at radius 3 is 2.17 bits per heavy atom. The Balaban J connectivity index is 0.00000192. The van der Waals surface area contributed by atoms with E-state index in [4.69, 9.17) is 0 Å². The first-order valence-corrected chi connectivity index (χ1v) is 7.66. The number of nitrogens with one attached hydrogen (secondary N) is 1. The maximum atomic E-state index is 10.8. The molecule has 3 rings (SSSR count). The summed E-state index contributed by atoms with van der Waals surface area (Å²) in [6.45, 7) is 0.731. The predicted molar refractivity (Wildman–Crippen MR) is 99.3 cm³/mol. The van der Waals surface area contributed by atoms with Gasteiger partial charge >= 0.3 is 0 Å². The predicted octanol–water partition coefficient (Wildman–Crippen LogP) is 4.30. The van der Waals surface area contributed by atoms with Crippen LogP contribution in [0.25, 0.3) is 10.8 Å². The molecule has 0 fully saturated rings. The van der Waals surface area contributed by atoms with E-state index in [9.17, 15) is 5.11 Å². The summed E-state index contributed by atoms with van der Waals surface area (Å²) in [7, 11) is 1.92. The molecule has 3 aromatic rings. The summed E-state index contributed by atoms with van der Waals surface area (Å²) < 4.78 is 0. The monoisotopic (exact) mass is 327 g/mol. The van der Waals surface area contributed by atoms with Gasteiger partial charge in [0.2, 0.25) is 0 Å². The summed E-state index contributed by atoms with van der Waals surface area (Å²) >= 11 is 0. The van der Waals surface area contributed by atoms with Gasteiger partial charge in [0.15, 0.2) is 0 Å². The second-order valence-corrected chi connectivity index (χ2v) is 5.63. The average molecular weight is 328 g/mol. The standard InChI is InChI=1S/C20H21NO.ClH/c1-21-14-19(20(22)16-8-3-2-4-9-16)18-12-11-15-7-5-6-10-17(15)13-18;/h2-13,19-22H,14H2,1H3;1H/t19-,20+;/m0./s1. The van der Waals surface area contributed by atoms with E-state index in [-0.39, 0.29) is 18.3 Å². The van der Waals surface area contributed by atoms with Gasteiger partial charge in [-0.25, -0.2) is 0 Å². The number of aliphatic hydroxyl groups excluding tert-OH is 1. The molecule has 2 atom stereocenters. The van der Waals surface area contributed by atoms with E-state index in [0.717, 1.165) is 17.7 Å². The van der Waals surface area contributed by atoms with E-state index in [0.29, 0.717) is 0 Å². The summed E-state index contributed by atoms with van der Waals surface area (Å²) in [6.07, 6.45) is -0.519. The maximum absolute atomic E-state index is 10.8. The number of halogens is 1. The van der Waals surface area contributed by atoms with Gasteiger partial charge in [-0.15, -0.1) is 12.4 Å². The highest BCUT2D eigenvalue weighted by Gasteiger charge is 2.22. The van der Waals surface area contributed by atoms with Crippen molar-refractivity contribution in [2.24, 2.45) is 0 Å². The zero-order chi connectivity index (χ0) is 15.4. The molecule has 0 bridgehead atoms. The Kier molecular flexibility index (Phi) is 6.17. The number of fused-ring (bicyclic) bond motifs is 1. The molecule has 3 aromatic carbocycles. The highest BCUT2D eigenvalue weighted by molar-refractivity contribution is 5.85. The van der Waals surface area contributed by atoms with Crippen LogP contribution in [0.1, 0.15) is 23.1 Å². The van der Waals surface area contributed by atoms with Crippen molar-refractivity contribution in [2.75, 3.05) is 13.6 Å². The van der Waals surface area contributed by atoms with Crippen LogP contribution in [0, 0.1) is 0 Å². The van der Waals surface area contributed by atoms with Crippen molar-refractivity contribution in [3.05, 3.63) is 83.9 Å². The average Bonchev–Trinajstić information content (AvgIpc) is 2.59. The van der Waals surface area contributed by atoms with Gasteiger partial charge in [0.1, 0.15) is 0 Å². The van der Waals surface area contributed by atoms with Crippen LogP contribution >= 0.6 is 12.4 Å². The Labute approximate surface area is 143 Å². The minimum absolute atomic E-state index is 0. The van der Waals surface area contributed by atoms with Crippen LogP contribution in [0.15, 0.2) is 72.8 Å². The second-order valence-electron chi connectivity index (χ2n) is 5.63. The molecule has 0 heterocycles. The molecule has 0 saturated carbocycles. The molecule has 0 saturated heterocycles. The lowest BCUT2D eigenvalue weighted by Gasteiger charge is -2.24. The molecule has 3 heteroatoms. The van der Waals surface area contributed by atoms with Gasteiger partial charge in [-0.3, -0.25) is 0 Å². The SMILES string of the molecule is CNC[C@@H](c1ccc2ccccc2c1)[C@H](O)c1ccccc1.Cl. The smallest absolute Gasteiger partial charge is 0.0870 e. The fourth-order valence-corrected chi connectivity index (χ4v) is 2.95. The Bertz CT molecular complexity index is 745. The molecular weight excluding hydrogens is 306 g/mol. The minimum atomic E-state index is -0.519. The van der Waals surface area contributed by atoms with Crippen molar-refractivity contribution in [2.45, 2.75) is 12.0 Å². The van der Waals surface area contributed by atoms with Crippen molar-refractivity contribution in [3.63, 3.8) is 0 Å². The van der Waals surface area contributed by atoms with Crippen LogP contribution in [0.5, 0.6) is 0 Å². The Hall–Kier alpha value is -1.87. The molecule has 0 spiro atoms. The van der Waals surface area contributed by atoms with Gasteiger partial charge < -0.3 is 10.4 Å². The van der Waals surface area contributed by atoms with Crippen LogP contribution in [-0.2, 0) is 0 Å². The number of hydrogen-bond donors (Lipinski definition) is 2. The van der Waals surface area contributed by atoms with E-state index in [1.54, 1.807) is 0 Å². The van der Waals surface area contributed by atoms with E-state index in [1.165, 1.54) is 10.8 Å². The molecular formula is C20H22ClNO. The highest BCUT2D eigenvalue weighted by atomic mass is 35.5. The zero-order valence-corrected chi connectivity index (χ0v) is 14.0. The molecule has 0 unspecified atom stereocenters. The zero-order valence-electron chi connectivity index (χ0n) is 13.1. The van der Waals surface area contributed by atoms with Gasteiger partial charge in [-0.1, -0.05) is 72.8 Å². The van der Waals surface area contributed by atoms with Crippen LogP contribution in [0.2, 0.25) is 0 Å². The van der Waals surface area contributed by atoms with Gasteiger partial charge in [-0.2, -0.15) is 0 Å². The van der Waals surface area contributed by atoms with Crippen LogP contribution in [0.3, 0.4) is 0 Å². The van der Waals surface area contributed by atoms with Crippen LogP contribution < -0.4 is 5.32 Å². The summed E-state index contributed by atoms with van der Waals surface area (Å²) in [5.41, 5.74) is 2.11. The molecule has 0 aromatic heterocycles.